The van der Waals surface area contributed by atoms with Crippen molar-refractivity contribution in [3.8, 4) is 0 Å². The minimum Gasteiger partial charge on any atom is -0.341 e. The monoisotopic (exact) mass is 162 g/mol. The highest BCUT2D eigenvalue weighted by molar-refractivity contribution is 9.11. The van der Waals surface area contributed by atoms with Crippen LogP contribution in [0.4, 0.5) is 0 Å². The highest BCUT2D eigenvalue weighted by atomic mass is 79.9. The lowest BCUT2D eigenvalue weighted by Gasteiger charge is -1.88. The van der Waals surface area contributed by atoms with Crippen molar-refractivity contribution in [3.05, 3.63) is 11.2 Å². The zero-order valence-corrected chi connectivity index (χ0v) is 5.70. The summed E-state index contributed by atoms with van der Waals surface area (Å²) < 4.78 is 0.720. The topological polar surface area (TPSA) is 24.4 Å². The van der Waals surface area contributed by atoms with Crippen molar-refractivity contribution in [2.45, 2.75) is 0 Å². The first-order chi connectivity index (χ1) is 3.27. The second-order valence-corrected chi connectivity index (χ2v) is 1.89. The van der Waals surface area contributed by atoms with Gasteiger partial charge in [0.15, 0.2) is 0 Å². The van der Waals surface area contributed by atoms with E-state index in [2.05, 4.69) is 32.8 Å². The molecule has 0 aliphatic rings. The Hall–Kier alpha value is -0.310. The van der Waals surface area contributed by atoms with E-state index < -0.39 is 0 Å². The first kappa shape index (κ1) is 6.69. The third-order valence-corrected chi connectivity index (χ3v) is 0.579. The zero-order chi connectivity index (χ0) is 5.70. The van der Waals surface area contributed by atoms with E-state index in [0.29, 0.717) is 0 Å². The average Bonchev–Trinajstić information content (AvgIpc) is 1.61. The van der Waals surface area contributed by atoms with Crippen LogP contribution in [0.2, 0.25) is 0 Å². The van der Waals surface area contributed by atoms with Crippen LogP contribution in [0.5, 0.6) is 0 Å². The van der Waals surface area contributed by atoms with Gasteiger partial charge in [-0.05, 0) is 15.9 Å². The fraction of sp³-hybridized carbons (Fsp3) is 0.250. The van der Waals surface area contributed by atoms with Gasteiger partial charge in [0.2, 0.25) is 0 Å². The molecule has 0 fully saturated rings. The predicted octanol–water partition coefficient (Wildman–Crippen LogP) is 1.10. The number of rotatable bonds is 2. The molecule has 0 heterocycles. The number of nitrogens with one attached hydrogen (secondary N) is 1. The molecule has 0 aromatic heterocycles. The Labute approximate surface area is 51.5 Å². The van der Waals surface area contributed by atoms with E-state index in [1.54, 1.807) is 13.4 Å². The van der Waals surface area contributed by atoms with Crippen LogP contribution in [0.15, 0.2) is 16.2 Å². The van der Waals surface area contributed by atoms with Gasteiger partial charge in [0.1, 0.15) is 0 Å². The molecule has 7 heavy (non-hydrogen) atoms. The number of hydrogen-bond acceptors (Lipinski definition) is 1. The Morgan fingerprint density at radius 2 is 2.57 bits per heavy atom. The van der Waals surface area contributed by atoms with Gasteiger partial charge in [0.25, 0.3) is 0 Å². The van der Waals surface area contributed by atoms with Crippen LogP contribution in [0.25, 0.3) is 0 Å². The van der Waals surface area contributed by atoms with Crippen molar-refractivity contribution >= 4 is 22.3 Å². The maximum absolute atomic E-state index is 3.65. The molecule has 0 aliphatic carbocycles. The molecule has 0 saturated heterocycles. The first-order valence-electron chi connectivity index (χ1n) is 1.79. The summed E-state index contributed by atoms with van der Waals surface area (Å²) in [6, 6.07) is 0. The van der Waals surface area contributed by atoms with Gasteiger partial charge < -0.3 is 5.32 Å². The highest BCUT2D eigenvalue weighted by Crippen LogP contribution is 1.89. The van der Waals surface area contributed by atoms with E-state index in [4.69, 9.17) is 0 Å². The molecule has 0 aromatic carbocycles. The standard InChI is InChI=1S/C4H7BrN2/c1-4(5)7-3-6-2/h3H,1H2,2H3,(H,6,7). The van der Waals surface area contributed by atoms with Crippen molar-refractivity contribution in [1.29, 1.82) is 0 Å². The second-order valence-electron chi connectivity index (χ2n) is 0.937. The van der Waals surface area contributed by atoms with Gasteiger partial charge in [-0.15, -0.1) is 0 Å². The van der Waals surface area contributed by atoms with Gasteiger partial charge >= 0.3 is 0 Å². The van der Waals surface area contributed by atoms with E-state index in [0.717, 1.165) is 4.61 Å². The highest BCUT2D eigenvalue weighted by Gasteiger charge is 1.72. The van der Waals surface area contributed by atoms with Crippen molar-refractivity contribution < 1.29 is 0 Å². The number of nitrogens with zero attached hydrogens (tertiary/aromatic N) is 1. The fourth-order valence-corrected chi connectivity index (χ4v) is 0.237. The van der Waals surface area contributed by atoms with Crippen LogP contribution in [-0.2, 0) is 0 Å². The summed E-state index contributed by atoms with van der Waals surface area (Å²) in [6.45, 7) is 3.51. The van der Waals surface area contributed by atoms with Crippen molar-refractivity contribution in [2.24, 2.45) is 4.99 Å². The van der Waals surface area contributed by atoms with Gasteiger partial charge in [-0.2, -0.15) is 0 Å². The van der Waals surface area contributed by atoms with Crippen molar-refractivity contribution in [3.63, 3.8) is 0 Å². The van der Waals surface area contributed by atoms with E-state index in [9.17, 15) is 0 Å². The molecular weight excluding hydrogens is 156 g/mol. The molecule has 0 aromatic rings. The predicted molar refractivity (Wildman–Crippen MR) is 35.6 cm³/mol. The van der Waals surface area contributed by atoms with Gasteiger partial charge in [0.05, 0.1) is 10.9 Å². The smallest absolute Gasteiger partial charge is 0.0868 e. The lowest BCUT2D eigenvalue weighted by molar-refractivity contribution is 1.27. The third kappa shape index (κ3) is 5.69. The number of aliphatic imine (C=N–C) groups is 1. The van der Waals surface area contributed by atoms with Crippen LogP contribution in [0, 0.1) is 0 Å². The van der Waals surface area contributed by atoms with E-state index >= 15 is 0 Å². The normalized spacial score (nSPS) is 9.43. The van der Waals surface area contributed by atoms with Crippen LogP contribution < -0.4 is 5.32 Å². The molecule has 0 rings (SSSR count). The van der Waals surface area contributed by atoms with Gasteiger partial charge in [-0.25, -0.2) is 0 Å². The lowest BCUT2D eigenvalue weighted by Crippen LogP contribution is -2.02. The summed E-state index contributed by atoms with van der Waals surface area (Å²) in [7, 11) is 1.68. The van der Waals surface area contributed by atoms with E-state index in [1.165, 1.54) is 0 Å². The second kappa shape index (κ2) is 3.87. The summed E-state index contributed by atoms with van der Waals surface area (Å²) in [4.78, 5) is 3.65. The van der Waals surface area contributed by atoms with Crippen LogP contribution in [0.3, 0.4) is 0 Å². The van der Waals surface area contributed by atoms with E-state index in [1.807, 2.05) is 0 Å². The lowest BCUT2D eigenvalue weighted by atomic mass is 11.0. The molecule has 0 aliphatic heterocycles. The SMILES string of the molecule is C=C(Br)NC=NC. The van der Waals surface area contributed by atoms with Crippen LogP contribution >= 0.6 is 15.9 Å². The molecule has 0 atom stereocenters. The van der Waals surface area contributed by atoms with Gasteiger partial charge in [0, 0.05) is 7.05 Å². The number of hydrogen-bond donors (Lipinski definition) is 1. The molecule has 0 unspecified atom stereocenters. The Morgan fingerprint density at radius 3 is 2.71 bits per heavy atom. The Balaban J connectivity index is 3.14. The minimum atomic E-state index is 0.720. The molecule has 1 N–H and O–H groups in total. The maximum Gasteiger partial charge on any atom is 0.0868 e. The Bertz CT molecular complexity index is 87.7. The summed E-state index contributed by atoms with van der Waals surface area (Å²) in [5.41, 5.74) is 0. The van der Waals surface area contributed by atoms with Crippen molar-refractivity contribution in [1.82, 2.24) is 5.32 Å². The summed E-state index contributed by atoms with van der Waals surface area (Å²) in [5, 5.41) is 2.73. The van der Waals surface area contributed by atoms with Gasteiger partial charge in [-0.3, -0.25) is 4.99 Å². The largest absolute Gasteiger partial charge is 0.341 e. The molecule has 2 nitrogen and oxygen atoms in total. The fourth-order valence-electron chi connectivity index (χ4n) is 0.135. The maximum atomic E-state index is 3.65. The zero-order valence-electron chi connectivity index (χ0n) is 4.11. The molecule has 0 amide bonds. The van der Waals surface area contributed by atoms with Gasteiger partial charge in [-0.1, -0.05) is 6.58 Å². The van der Waals surface area contributed by atoms with Crippen LogP contribution in [-0.4, -0.2) is 13.4 Å². The summed E-state index contributed by atoms with van der Waals surface area (Å²) in [5.74, 6) is 0. The molecule has 0 radical (unpaired) electrons. The quantitative estimate of drug-likeness (QED) is 0.368. The molecule has 40 valence electrons. The molecule has 0 spiro atoms. The van der Waals surface area contributed by atoms with Crippen LogP contribution in [0.1, 0.15) is 0 Å². The van der Waals surface area contributed by atoms with Crippen molar-refractivity contribution in [2.75, 3.05) is 7.05 Å². The molecule has 0 saturated carbocycles. The summed E-state index contributed by atoms with van der Waals surface area (Å²) in [6.07, 6.45) is 1.55. The first-order valence-corrected chi connectivity index (χ1v) is 2.58. The third-order valence-electron chi connectivity index (χ3n) is 0.350. The molecule has 0 bridgehead atoms. The molecular formula is C4H7BrN2. The molecule has 3 heteroatoms. The minimum absolute atomic E-state index is 0.720. The van der Waals surface area contributed by atoms with E-state index in [-0.39, 0.29) is 0 Å². The Kier molecular flexibility index (Phi) is 3.69. The summed E-state index contributed by atoms with van der Waals surface area (Å²) >= 11 is 3.08. The number of halogens is 1. The average molecular weight is 163 g/mol. The Morgan fingerprint density at radius 1 is 2.00 bits per heavy atom.